The Bertz CT molecular complexity index is 836. The Kier molecular flexibility index (Phi) is 3.83. The second-order valence-corrected chi connectivity index (χ2v) is 7.21. The van der Waals surface area contributed by atoms with E-state index < -0.39 is 5.60 Å². The Balaban J connectivity index is 1.65. The molecule has 3 N–H and O–H groups in total. The average Bonchev–Trinajstić information content (AvgIpc) is 3.19. The minimum atomic E-state index is -0.843. The molecule has 24 heavy (non-hydrogen) atoms. The van der Waals surface area contributed by atoms with Crippen LogP contribution in [0.2, 0.25) is 0 Å². The van der Waals surface area contributed by atoms with E-state index in [1.165, 1.54) is 5.56 Å². The van der Waals surface area contributed by atoms with Crippen molar-refractivity contribution in [2.45, 2.75) is 18.4 Å². The number of anilines is 3. The van der Waals surface area contributed by atoms with Crippen LogP contribution in [-0.2, 0) is 6.42 Å². The lowest BCUT2D eigenvalue weighted by Gasteiger charge is -2.18. The van der Waals surface area contributed by atoms with Crippen molar-refractivity contribution in [3.8, 4) is 11.8 Å². The van der Waals surface area contributed by atoms with E-state index in [-0.39, 0.29) is 5.95 Å². The van der Waals surface area contributed by atoms with Crippen LogP contribution in [0.4, 0.5) is 17.5 Å². The van der Waals surface area contributed by atoms with Gasteiger partial charge in [0.2, 0.25) is 5.95 Å². The molecule has 6 heteroatoms. The summed E-state index contributed by atoms with van der Waals surface area (Å²) in [6.45, 7) is 0.864. The molecule has 0 spiro atoms. The van der Waals surface area contributed by atoms with Crippen LogP contribution >= 0.6 is 11.8 Å². The van der Waals surface area contributed by atoms with Crippen LogP contribution in [0.25, 0.3) is 0 Å². The van der Waals surface area contributed by atoms with E-state index in [0.717, 1.165) is 42.2 Å². The van der Waals surface area contributed by atoms with Gasteiger partial charge in [0, 0.05) is 29.7 Å². The van der Waals surface area contributed by atoms with Crippen LogP contribution in [0.5, 0.6) is 0 Å². The minimum absolute atomic E-state index is 0.276. The van der Waals surface area contributed by atoms with Crippen molar-refractivity contribution >= 4 is 29.2 Å². The first-order valence-corrected chi connectivity index (χ1v) is 9.11. The van der Waals surface area contributed by atoms with Crippen LogP contribution in [0.15, 0.2) is 30.5 Å². The van der Waals surface area contributed by atoms with E-state index in [2.05, 4.69) is 38.8 Å². The van der Waals surface area contributed by atoms with Crippen LogP contribution < -0.4 is 10.6 Å². The highest BCUT2D eigenvalue weighted by molar-refractivity contribution is 7.99. The summed E-state index contributed by atoms with van der Waals surface area (Å²) >= 11 is 1.75. The predicted octanol–water partition coefficient (Wildman–Crippen LogP) is 1.97. The van der Waals surface area contributed by atoms with Crippen molar-refractivity contribution in [1.29, 1.82) is 0 Å². The lowest BCUT2D eigenvalue weighted by molar-refractivity contribution is 0.130. The molecule has 2 aliphatic heterocycles. The number of aliphatic hydroxyl groups is 1. The van der Waals surface area contributed by atoms with E-state index in [1.54, 1.807) is 18.0 Å². The molecule has 0 aliphatic carbocycles. The lowest BCUT2D eigenvalue weighted by atomic mass is 10.0. The molecule has 1 atom stereocenters. The van der Waals surface area contributed by atoms with Gasteiger partial charge in [-0.3, -0.25) is 0 Å². The average molecular weight is 338 g/mol. The fourth-order valence-corrected chi connectivity index (χ4v) is 4.23. The third kappa shape index (κ3) is 2.93. The summed E-state index contributed by atoms with van der Waals surface area (Å²) in [6.07, 6.45) is 3.38. The van der Waals surface area contributed by atoms with Crippen molar-refractivity contribution in [3.63, 3.8) is 0 Å². The monoisotopic (exact) mass is 338 g/mol. The van der Waals surface area contributed by atoms with Crippen molar-refractivity contribution < 1.29 is 5.11 Å². The van der Waals surface area contributed by atoms with Crippen LogP contribution in [0, 0.1) is 11.8 Å². The Morgan fingerprint density at radius 2 is 2.25 bits per heavy atom. The molecule has 2 aromatic rings. The summed E-state index contributed by atoms with van der Waals surface area (Å²) < 4.78 is 0. The van der Waals surface area contributed by atoms with Gasteiger partial charge in [0.25, 0.3) is 0 Å². The molecule has 1 saturated heterocycles. The fourth-order valence-electron chi connectivity index (χ4n) is 3.05. The van der Waals surface area contributed by atoms with Crippen molar-refractivity contribution in [3.05, 3.63) is 41.6 Å². The first-order valence-electron chi connectivity index (χ1n) is 7.95. The molecule has 1 unspecified atom stereocenters. The van der Waals surface area contributed by atoms with Gasteiger partial charge in [-0.1, -0.05) is 17.9 Å². The molecule has 0 amide bonds. The summed E-state index contributed by atoms with van der Waals surface area (Å²) in [7, 11) is 0. The highest BCUT2D eigenvalue weighted by Gasteiger charge is 2.29. The standard InChI is InChI=1S/C18H18N4OS/c19-17-20-8-4-16(21-17)22-9-5-14-2-1-13(11-15(14)22)3-6-18(23)7-10-24-12-18/h1-2,4,8,11,23H,5,7,9-10,12H2,(H2,19,20,21). The molecule has 1 aromatic carbocycles. The number of nitrogens with two attached hydrogens (primary N) is 1. The van der Waals surface area contributed by atoms with Gasteiger partial charge in [0.15, 0.2) is 0 Å². The smallest absolute Gasteiger partial charge is 0.221 e. The van der Waals surface area contributed by atoms with E-state index in [1.807, 2.05) is 12.1 Å². The first kappa shape index (κ1) is 15.3. The Labute approximate surface area is 145 Å². The van der Waals surface area contributed by atoms with Gasteiger partial charge in [-0.15, -0.1) is 0 Å². The van der Waals surface area contributed by atoms with E-state index >= 15 is 0 Å². The number of rotatable bonds is 1. The fraction of sp³-hybridized carbons (Fsp3) is 0.333. The van der Waals surface area contributed by atoms with Gasteiger partial charge in [0.05, 0.1) is 0 Å². The number of thioether (sulfide) groups is 1. The van der Waals surface area contributed by atoms with E-state index in [0.29, 0.717) is 5.75 Å². The molecule has 0 radical (unpaired) electrons. The minimum Gasteiger partial charge on any atom is -0.377 e. The Morgan fingerprint density at radius 3 is 3.04 bits per heavy atom. The van der Waals surface area contributed by atoms with E-state index in [9.17, 15) is 5.11 Å². The van der Waals surface area contributed by atoms with Crippen molar-refractivity contribution in [2.24, 2.45) is 0 Å². The number of hydrogen-bond donors (Lipinski definition) is 2. The largest absolute Gasteiger partial charge is 0.377 e. The zero-order valence-corrected chi connectivity index (χ0v) is 14.0. The predicted molar refractivity (Wildman–Crippen MR) is 97.4 cm³/mol. The number of nitrogens with zero attached hydrogens (tertiary/aromatic N) is 3. The number of fused-ring (bicyclic) bond motifs is 1. The van der Waals surface area contributed by atoms with Gasteiger partial charge in [0.1, 0.15) is 11.4 Å². The lowest BCUT2D eigenvalue weighted by Crippen LogP contribution is -2.25. The van der Waals surface area contributed by atoms with Gasteiger partial charge in [-0.05, 0) is 42.4 Å². The summed E-state index contributed by atoms with van der Waals surface area (Å²) in [5, 5.41) is 10.4. The topological polar surface area (TPSA) is 75.3 Å². The zero-order valence-electron chi connectivity index (χ0n) is 13.2. The van der Waals surface area contributed by atoms with Gasteiger partial charge >= 0.3 is 0 Å². The quantitative estimate of drug-likeness (QED) is 0.775. The summed E-state index contributed by atoms with van der Waals surface area (Å²) in [5.74, 6) is 8.93. The number of hydrogen-bond acceptors (Lipinski definition) is 6. The number of nitrogen functional groups attached to an aromatic ring is 1. The Hall–Kier alpha value is -2.23. The van der Waals surface area contributed by atoms with Gasteiger partial charge in [-0.25, -0.2) is 4.98 Å². The number of aromatic nitrogens is 2. The molecule has 4 rings (SSSR count). The summed E-state index contributed by atoms with van der Waals surface area (Å²) in [5.41, 5.74) is 8.15. The normalized spacial score (nSPS) is 22.1. The summed E-state index contributed by atoms with van der Waals surface area (Å²) in [4.78, 5) is 10.4. The van der Waals surface area contributed by atoms with Crippen molar-refractivity contribution in [2.75, 3.05) is 28.7 Å². The second kappa shape index (κ2) is 6.00. The molecular weight excluding hydrogens is 320 g/mol. The molecule has 2 aliphatic rings. The SMILES string of the molecule is Nc1nccc(N2CCc3ccc(C#CC4(O)CCSC4)cc32)n1. The Morgan fingerprint density at radius 1 is 1.33 bits per heavy atom. The second-order valence-electron chi connectivity index (χ2n) is 6.10. The zero-order chi connectivity index (χ0) is 16.6. The molecule has 5 nitrogen and oxygen atoms in total. The maximum Gasteiger partial charge on any atom is 0.221 e. The van der Waals surface area contributed by atoms with Gasteiger partial charge < -0.3 is 15.7 Å². The molecule has 1 aromatic heterocycles. The molecule has 0 bridgehead atoms. The highest BCUT2D eigenvalue weighted by atomic mass is 32.2. The number of benzene rings is 1. The molecular formula is C18H18N4OS. The van der Waals surface area contributed by atoms with E-state index in [4.69, 9.17) is 5.73 Å². The first-order chi connectivity index (χ1) is 11.6. The van der Waals surface area contributed by atoms with Crippen LogP contribution in [-0.4, -0.2) is 38.7 Å². The maximum atomic E-state index is 10.4. The van der Waals surface area contributed by atoms with Crippen LogP contribution in [0.3, 0.4) is 0 Å². The molecule has 3 heterocycles. The maximum absolute atomic E-state index is 10.4. The summed E-state index contributed by atoms with van der Waals surface area (Å²) in [6, 6.07) is 8.06. The molecule has 0 saturated carbocycles. The molecule has 1 fully saturated rings. The van der Waals surface area contributed by atoms with Crippen LogP contribution in [0.1, 0.15) is 17.5 Å². The molecule has 122 valence electrons. The van der Waals surface area contributed by atoms with Gasteiger partial charge in [-0.2, -0.15) is 16.7 Å². The van der Waals surface area contributed by atoms with Crippen molar-refractivity contribution in [1.82, 2.24) is 9.97 Å². The highest BCUT2D eigenvalue weighted by Crippen LogP contribution is 2.34. The third-order valence-corrected chi connectivity index (χ3v) is 5.53. The third-order valence-electron chi connectivity index (χ3n) is 4.36.